The number of nitrogens with one attached hydrogen (secondary N) is 1. The van der Waals surface area contributed by atoms with Crippen LogP contribution in [0.25, 0.3) is 5.69 Å². The molecule has 1 fully saturated rings. The lowest BCUT2D eigenvalue weighted by Gasteiger charge is -2.31. The van der Waals surface area contributed by atoms with Crippen LogP contribution in [0, 0.1) is 19.7 Å². The number of halogens is 1. The number of rotatable bonds is 9. The lowest BCUT2D eigenvalue weighted by Crippen LogP contribution is -2.38. The van der Waals surface area contributed by atoms with E-state index in [4.69, 9.17) is 9.47 Å². The van der Waals surface area contributed by atoms with Gasteiger partial charge in [0, 0.05) is 32.3 Å². The number of aromatic nitrogens is 2. The van der Waals surface area contributed by atoms with Crippen LogP contribution in [0.3, 0.4) is 0 Å². The number of ether oxygens (including phenoxy) is 2. The average Bonchev–Trinajstić information content (AvgIpc) is 3.17. The smallest absolute Gasteiger partial charge is 0.255 e. The number of nitrogens with zero attached hydrogens (tertiary/aromatic N) is 3. The molecule has 0 unspecified atom stereocenters. The molecule has 2 heterocycles. The summed E-state index contributed by atoms with van der Waals surface area (Å²) in [7, 11) is 2.13. The van der Waals surface area contributed by atoms with E-state index in [9.17, 15) is 9.18 Å². The van der Waals surface area contributed by atoms with Crippen LogP contribution < -0.4 is 10.1 Å². The predicted molar refractivity (Wildman–Crippen MR) is 133 cm³/mol. The van der Waals surface area contributed by atoms with Crippen LogP contribution >= 0.6 is 0 Å². The van der Waals surface area contributed by atoms with Crippen LogP contribution in [0.4, 0.5) is 4.39 Å². The van der Waals surface area contributed by atoms with E-state index in [-0.39, 0.29) is 11.7 Å². The Morgan fingerprint density at radius 2 is 1.94 bits per heavy atom. The van der Waals surface area contributed by atoms with Gasteiger partial charge in [0.1, 0.15) is 18.2 Å². The Morgan fingerprint density at radius 3 is 2.69 bits per heavy atom. The summed E-state index contributed by atoms with van der Waals surface area (Å²) in [5.74, 6) is 0.275. The van der Waals surface area contributed by atoms with E-state index in [0.717, 1.165) is 43.9 Å². The molecule has 8 heteroatoms. The minimum atomic E-state index is -0.314. The molecule has 1 aromatic heterocycles. The van der Waals surface area contributed by atoms with Gasteiger partial charge in [0.05, 0.1) is 22.6 Å². The van der Waals surface area contributed by atoms with Gasteiger partial charge in [-0.3, -0.25) is 9.69 Å². The van der Waals surface area contributed by atoms with Crippen molar-refractivity contribution in [1.82, 2.24) is 20.0 Å². The van der Waals surface area contributed by atoms with Crippen LogP contribution in [0.5, 0.6) is 5.75 Å². The highest BCUT2D eigenvalue weighted by Gasteiger charge is 2.20. The van der Waals surface area contributed by atoms with Gasteiger partial charge < -0.3 is 14.8 Å². The number of benzene rings is 2. The summed E-state index contributed by atoms with van der Waals surface area (Å²) in [4.78, 5) is 15.3. The second-order valence-electron chi connectivity index (χ2n) is 8.94. The summed E-state index contributed by atoms with van der Waals surface area (Å²) in [5.41, 5.74) is 3.51. The third kappa shape index (κ3) is 6.26. The number of likely N-dealkylation sites (N-methyl/N-ethyl adjacent to an activating group) is 1. The van der Waals surface area contributed by atoms with Crippen LogP contribution in [-0.4, -0.2) is 60.0 Å². The third-order valence-electron chi connectivity index (χ3n) is 6.47. The zero-order valence-electron chi connectivity index (χ0n) is 20.6. The van der Waals surface area contributed by atoms with Crippen molar-refractivity contribution in [3.05, 3.63) is 76.9 Å². The van der Waals surface area contributed by atoms with Gasteiger partial charge in [-0.2, -0.15) is 5.10 Å². The first kappa shape index (κ1) is 24.9. The van der Waals surface area contributed by atoms with Gasteiger partial charge in [-0.15, -0.1) is 0 Å². The van der Waals surface area contributed by atoms with E-state index in [1.807, 2.05) is 31.2 Å². The number of carbonyl (C=O) groups excluding carboxylic acids is 1. The lowest BCUT2D eigenvalue weighted by molar-refractivity contribution is 0.0392. The van der Waals surface area contributed by atoms with Gasteiger partial charge in [0.15, 0.2) is 0 Å². The molecule has 0 aliphatic carbocycles. The fourth-order valence-electron chi connectivity index (χ4n) is 4.44. The second-order valence-corrected chi connectivity index (χ2v) is 8.94. The normalized spacial score (nSPS) is 14.3. The fourth-order valence-corrected chi connectivity index (χ4v) is 4.44. The summed E-state index contributed by atoms with van der Waals surface area (Å²) in [6.45, 7) is 7.12. The van der Waals surface area contributed by atoms with Gasteiger partial charge in [-0.05, 0) is 75.7 Å². The minimum Gasteiger partial charge on any atom is -0.492 e. The fraction of sp³-hybridized carbons (Fsp3) is 0.407. The maximum atomic E-state index is 13.3. The monoisotopic (exact) mass is 480 g/mol. The van der Waals surface area contributed by atoms with Crippen LogP contribution in [0.2, 0.25) is 0 Å². The van der Waals surface area contributed by atoms with Crippen molar-refractivity contribution in [1.29, 1.82) is 0 Å². The van der Waals surface area contributed by atoms with Crippen molar-refractivity contribution in [2.45, 2.75) is 39.3 Å². The van der Waals surface area contributed by atoms with E-state index < -0.39 is 0 Å². The molecule has 1 amide bonds. The summed E-state index contributed by atoms with van der Waals surface area (Å²) in [6, 6.07) is 14.4. The zero-order valence-corrected chi connectivity index (χ0v) is 20.6. The van der Waals surface area contributed by atoms with Crippen LogP contribution in [0.1, 0.15) is 40.2 Å². The maximum absolute atomic E-state index is 13.3. The molecule has 4 rings (SSSR count). The highest BCUT2D eigenvalue weighted by atomic mass is 19.1. The molecular formula is C27H33FN4O3. The van der Waals surface area contributed by atoms with Gasteiger partial charge in [-0.1, -0.05) is 12.1 Å². The Labute approximate surface area is 205 Å². The Morgan fingerprint density at radius 1 is 1.20 bits per heavy atom. The van der Waals surface area contributed by atoms with E-state index in [1.54, 1.807) is 23.7 Å². The molecular weight excluding hydrogens is 447 g/mol. The Bertz CT molecular complexity index is 1140. The SMILES string of the molecule is Cc1nn(-c2ccc(F)cc2)c(C)c1C(=O)NCc1cccc(OCCN(C)C2CCOCC2)c1. The number of carbonyl (C=O) groups is 1. The molecule has 0 saturated carbocycles. The van der Waals surface area contributed by atoms with Gasteiger partial charge in [0.25, 0.3) is 5.91 Å². The molecule has 0 atom stereocenters. The number of amides is 1. The maximum Gasteiger partial charge on any atom is 0.255 e. The Kier molecular flexibility index (Phi) is 8.15. The summed E-state index contributed by atoms with van der Waals surface area (Å²) < 4.78 is 26.4. The first-order valence-electron chi connectivity index (χ1n) is 12.0. The molecule has 1 N–H and O–H groups in total. The molecule has 1 aliphatic rings. The van der Waals surface area contributed by atoms with Crippen molar-refractivity contribution in [3.63, 3.8) is 0 Å². The molecule has 2 aromatic carbocycles. The highest BCUT2D eigenvalue weighted by molar-refractivity contribution is 5.96. The summed E-state index contributed by atoms with van der Waals surface area (Å²) >= 11 is 0. The second kappa shape index (κ2) is 11.5. The Balaban J connectivity index is 1.32. The minimum absolute atomic E-state index is 0.197. The number of aryl methyl sites for hydroxylation is 1. The van der Waals surface area contributed by atoms with E-state index in [0.29, 0.717) is 41.8 Å². The molecule has 3 aromatic rings. The summed E-state index contributed by atoms with van der Waals surface area (Å²) in [5, 5.41) is 7.47. The molecule has 1 saturated heterocycles. The molecule has 35 heavy (non-hydrogen) atoms. The summed E-state index contributed by atoms with van der Waals surface area (Å²) in [6.07, 6.45) is 2.13. The molecule has 186 valence electrons. The van der Waals surface area contributed by atoms with Crippen LogP contribution in [-0.2, 0) is 11.3 Å². The topological polar surface area (TPSA) is 68.6 Å². The zero-order chi connectivity index (χ0) is 24.8. The molecule has 0 radical (unpaired) electrons. The molecule has 1 aliphatic heterocycles. The first-order chi connectivity index (χ1) is 16.9. The third-order valence-corrected chi connectivity index (χ3v) is 6.47. The first-order valence-corrected chi connectivity index (χ1v) is 12.0. The highest BCUT2D eigenvalue weighted by Crippen LogP contribution is 2.19. The standard InChI is InChI=1S/C27H33FN4O3/c1-19-26(20(2)32(30-19)24-9-7-22(28)8-10-24)27(33)29-18-21-5-4-6-25(17-21)35-16-13-31(3)23-11-14-34-15-12-23/h4-10,17,23H,11-16,18H2,1-3H3,(H,29,33). The van der Waals surface area contributed by atoms with Gasteiger partial charge in [0.2, 0.25) is 0 Å². The van der Waals surface area contributed by atoms with E-state index in [1.165, 1.54) is 12.1 Å². The largest absolute Gasteiger partial charge is 0.492 e. The molecule has 0 spiro atoms. The van der Waals surface area contributed by atoms with Crippen molar-refractivity contribution < 1.29 is 18.7 Å². The van der Waals surface area contributed by atoms with Crippen LogP contribution in [0.15, 0.2) is 48.5 Å². The number of hydrogen-bond acceptors (Lipinski definition) is 5. The van der Waals surface area contributed by atoms with Crippen molar-refractivity contribution >= 4 is 5.91 Å². The number of hydrogen-bond donors (Lipinski definition) is 1. The molecule has 0 bridgehead atoms. The Hall–Kier alpha value is -3.23. The van der Waals surface area contributed by atoms with Crippen molar-refractivity contribution in [2.24, 2.45) is 0 Å². The van der Waals surface area contributed by atoms with Gasteiger partial charge >= 0.3 is 0 Å². The predicted octanol–water partition coefficient (Wildman–Crippen LogP) is 4.05. The van der Waals surface area contributed by atoms with E-state index in [2.05, 4.69) is 22.4 Å². The molecule has 7 nitrogen and oxygen atoms in total. The van der Waals surface area contributed by atoms with Gasteiger partial charge in [-0.25, -0.2) is 9.07 Å². The average molecular weight is 481 g/mol. The van der Waals surface area contributed by atoms with Crippen molar-refractivity contribution in [3.8, 4) is 11.4 Å². The van der Waals surface area contributed by atoms with Crippen molar-refractivity contribution in [2.75, 3.05) is 33.4 Å². The lowest BCUT2D eigenvalue weighted by atomic mass is 10.1. The quantitative estimate of drug-likeness (QED) is 0.501. The van der Waals surface area contributed by atoms with E-state index >= 15 is 0 Å².